The summed E-state index contributed by atoms with van der Waals surface area (Å²) >= 11 is 12.0. The van der Waals surface area contributed by atoms with E-state index in [2.05, 4.69) is 5.32 Å². The van der Waals surface area contributed by atoms with E-state index in [1.165, 1.54) is 30.1 Å². The standard InChI is InChI=1S/C21H25Cl2N3O4S/c1-4-19(21(28)24-2)25(13-15-8-6-5-7-9-15)20(27)14-26(31(3,29)30)16-10-11-17(22)18(23)12-16/h5-12,19H,4,13-14H2,1-3H3,(H,24,28)/t19-/m0/s1. The lowest BCUT2D eigenvalue weighted by Crippen LogP contribution is -2.51. The number of halogens is 2. The zero-order chi connectivity index (χ0) is 23.2. The third-order valence-corrected chi connectivity index (χ3v) is 6.58. The second-order valence-electron chi connectivity index (χ2n) is 6.91. The first-order valence-corrected chi connectivity index (χ1v) is 12.2. The second kappa shape index (κ2) is 10.8. The van der Waals surface area contributed by atoms with E-state index in [-0.39, 0.29) is 28.2 Å². The van der Waals surface area contributed by atoms with Gasteiger partial charge >= 0.3 is 0 Å². The van der Waals surface area contributed by atoms with Crippen molar-refractivity contribution in [2.45, 2.75) is 25.9 Å². The maximum atomic E-state index is 13.3. The number of carbonyl (C=O) groups excluding carboxylic acids is 2. The van der Waals surface area contributed by atoms with Gasteiger partial charge in [0.15, 0.2) is 0 Å². The molecule has 2 amide bonds. The fourth-order valence-corrected chi connectivity index (χ4v) is 4.25. The van der Waals surface area contributed by atoms with Gasteiger partial charge in [-0.3, -0.25) is 13.9 Å². The Kier molecular flexibility index (Phi) is 8.73. The van der Waals surface area contributed by atoms with Crippen molar-refractivity contribution in [3.05, 3.63) is 64.1 Å². The molecule has 2 aromatic rings. The molecule has 0 fully saturated rings. The fraction of sp³-hybridized carbons (Fsp3) is 0.333. The number of benzene rings is 2. The third-order valence-electron chi connectivity index (χ3n) is 4.70. The van der Waals surface area contributed by atoms with Gasteiger partial charge in [-0.15, -0.1) is 0 Å². The molecule has 31 heavy (non-hydrogen) atoms. The largest absolute Gasteiger partial charge is 0.357 e. The van der Waals surface area contributed by atoms with Crippen LogP contribution in [0.4, 0.5) is 5.69 Å². The summed E-state index contributed by atoms with van der Waals surface area (Å²) in [5.41, 5.74) is 1.02. The Hall–Kier alpha value is -2.29. The highest BCUT2D eigenvalue weighted by atomic mass is 35.5. The summed E-state index contributed by atoms with van der Waals surface area (Å²) in [7, 11) is -2.33. The van der Waals surface area contributed by atoms with Crippen LogP contribution in [0, 0.1) is 0 Å². The van der Waals surface area contributed by atoms with Gasteiger partial charge in [0.2, 0.25) is 21.8 Å². The number of nitrogens with one attached hydrogen (secondary N) is 1. The molecule has 0 bridgehead atoms. The van der Waals surface area contributed by atoms with Crippen molar-refractivity contribution in [2.24, 2.45) is 0 Å². The maximum Gasteiger partial charge on any atom is 0.244 e. The molecule has 0 aliphatic rings. The van der Waals surface area contributed by atoms with Crippen LogP contribution in [0.15, 0.2) is 48.5 Å². The highest BCUT2D eigenvalue weighted by Gasteiger charge is 2.31. The lowest BCUT2D eigenvalue weighted by Gasteiger charge is -2.32. The summed E-state index contributed by atoms with van der Waals surface area (Å²) in [5.74, 6) is -0.844. The maximum absolute atomic E-state index is 13.3. The van der Waals surface area contributed by atoms with Crippen LogP contribution < -0.4 is 9.62 Å². The minimum Gasteiger partial charge on any atom is -0.357 e. The van der Waals surface area contributed by atoms with E-state index in [4.69, 9.17) is 23.2 Å². The molecular formula is C21H25Cl2N3O4S. The summed E-state index contributed by atoms with van der Waals surface area (Å²) in [6.07, 6.45) is 1.37. The quantitative estimate of drug-likeness (QED) is 0.589. The minimum atomic E-state index is -3.82. The molecule has 0 heterocycles. The Bertz CT molecular complexity index is 1030. The van der Waals surface area contributed by atoms with Gasteiger partial charge < -0.3 is 10.2 Å². The lowest BCUT2D eigenvalue weighted by atomic mass is 10.1. The second-order valence-corrected chi connectivity index (χ2v) is 9.63. The first kappa shape index (κ1) is 25.0. The zero-order valence-corrected chi connectivity index (χ0v) is 19.8. The predicted molar refractivity (Wildman–Crippen MR) is 124 cm³/mol. The Morgan fingerprint density at radius 1 is 1.06 bits per heavy atom. The van der Waals surface area contributed by atoms with Crippen LogP contribution in [0.5, 0.6) is 0 Å². The normalized spacial score (nSPS) is 12.2. The number of likely N-dealkylation sites (N-methyl/N-ethyl adjacent to an activating group) is 1. The molecule has 1 N–H and O–H groups in total. The summed E-state index contributed by atoms with van der Waals surface area (Å²) in [6, 6.07) is 12.7. The topological polar surface area (TPSA) is 86.8 Å². The first-order chi connectivity index (χ1) is 14.6. The highest BCUT2D eigenvalue weighted by molar-refractivity contribution is 7.92. The van der Waals surface area contributed by atoms with E-state index in [0.29, 0.717) is 6.42 Å². The molecule has 0 saturated carbocycles. The molecule has 2 rings (SSSR count). The number of hydrogen-bond acceptors (Lipinski definition) is 4. The average molecular weight is 486 g/mol. The van der Waals surface area contributed by atoms with Crippen molar-refractivity contribution in [3.63, 3.8) is 0 Å². The molecule has 7 nitrogen and oxygen atoms in total. The van der Waals surface area contributed by atoms with Gasteiger partial charge in [0.1, 0.15) is 12.6 Å². The van der Waals surface area contributed by atoms with E-state index in [9.17, 15) is 18.0 Å². The molecule has 0 spiro atoms. The van der Waals surface area contributed by atoms with Gasteiger partial charge in [-0.25, -0.2) is 8.42 Å². The van der Waals surface area contributed by atoms with Crippen molar-refractivity contribution in [2.75, 3.05) is 24.2 Å². The smallest absolute Gasteiger partial charge is 0.244 e. The number of nitrogens with zero attached hydrogens (tertiary/aromatic N) is 2. The summed E-state index contributed by atoms with van der Waals surface area (Å²) < 4.78 is 25.9. The van der Waals surface area contributed by atoms with Crippen molar-refractivity contribution >= 4 is 50.7 Å². The summed E-state index contributed by atoms with van der Waals surface area (Å²) in [5, 5.41) is 3.00. The predicted octanol–water partition coefficient (Wildman–Crippen LogP) is 3.31. The highest BCUT2D eigenvalue weighted by Crippen LogP contribution is 2.28. The van der Waals surface area contributed by atoms with Gasteiger partial charge in [-0.2, -0.15) is 0 Å². The zero-order valence-electron chi connectivity index (χ0n) is 17.5. The van der Waals surface area contributed by atoms with Crippen molar-refractivity contribution in [1.29, 1.82) is 0 Å². The summed E-state index contributed by atoms with van der Waals surface area (Å²) in [6.45, 7) is 1.46. The van der Waals surface area contributed by atoms with E-state index >= 15 is 0 Å². The van der Waals surface area contributed by atoms with Crippen molar-refractivity contribution < 1.29 is 18.0 Å². The van der Waals surface area contributed by atoms with E-state index in [0.717, 1.165) is 16.1 Å². The number of rotatable bonds is 9. The first-order valence-electron chi connectivity index (χ1n) is 9.56. The monoisotopic (exact) mass is 485 g/mol. The molecule has 0 radical (unpaired) electrons. The summed E-state index contributed by atoms with van der Waals surface area (Å²) in [4.78, 5) is 27.2. The molecule has 1 atom stereocenters. The Morgan fingerprint density at radius 3 is 2.23 bits per heavy atom. The number of anilines is 1. The van der Waals surface area contributed by atoms with Crippen LogP contribution in [-0.4, -0.2) is 51.0 Å². The van der Waals surface area contributed by atoms with Gasteiger partial charge in [0.25, 0.3) is 0 Å². The Balaban J connectivity index is 2.42. The fourth-order valence-electron chi connectivity index (χ4n) is 3.12. The molecule has 0 unspecified atom stereocenters. The molecule has 168 valence electrons. The van der Waals surface area contributed by atoms with E-state index < -0.39 is 28.5 Å². The van der Waals surface area contributed by atoms with Gasteiger partial charge in [0.05, 0.1) is 22.0 Å². The van der Waals surface area contributed by atoms with Crippen LogP contribution in [0.1, 0.15) is 18.9 Å². The van der Waals surface area contributed by atoms with Gasteiger partial charge in [-0.05, 0) is 30.2 Å². The SMILES string of the molecule is CC[C@@H](C(=O)NC)N(Cc1ccccc1)C(=O)CN(c1ccc(Cl)c(Cl)c1)S(C)(=O)=O. The Morgan fingerprint density at radius 2 is 1.71 bits per heavy atom. The molecule has 10 heteroatoms. The molecule has 0 saturated heterocycles. The van der Waals surface area contributed by atoms with Crippen LogP contribution in [0.2, 0.25) is 10.0 Å². The third kappa shape index (κ3) is 6.59. The van der Waals surface area contributed by atoms with Crippen LogP contribution in [-0.2, 0) is 26.2 Å². The average Bonchev–Trinajstić information content (AvgIpc) is 2.73. The van der Waals surface area contributed by atoms with Gasteiger partial charge in [-0.1, -0.05) is 60.5 Å². The number of amides is 2. The molecule has 0 aliphatic heterocycles. The number of hydrogen-bond donors (Lipinski definition) is 1. The minimum absolute atomic E-state index is 0.157. The molecule has 2 aromatic carbocycles. The van der Waals surface area contributed by atoms with Crippen LogP contribution in [0.3, 0.4) is 0 Å². The van der Waals surface area contributed by atoms with E-state index in [1.807, 2.05) is 30.3 Å². The lowest BCUT2D eigenvalue weighted by molar-refractivity contribution is -0.140. The Labute approximate surface area is 193 Å². The van der Waals surface area contributed by atoms with Crippen LogP contribution in [0.25, 0.3) is 0 Å². The van der Waals surface area contributed by atoms with E-state index in [1.54, 1.807) is 6.92 Å². The molecule has 0 aliphatic carbocycles. The number of carbonyl (C=O) groups is 2. The van der Waals surface area contributed by atoms with Crippen molar-refractivity contribution in [3.8, 4) is 0 Å². The number of sulfonamides is 1. The van der Waals surface area contributed by atoms with Crippen LogP contribution >= 0.6 is 23.2 Å². The molecular weight excluding hydrogens is 461 g/mol. The van der Waals surface area contributed by atoms with Gasteiger partial charge in [0, 0.05) is 13.6 Å². The van der Waals surface area contributed by atoms with Crippen molar-refractivity contribution in [1.82, 2.24) is 10.2 Å². The molecule has 0 aromatic heterocycles.